The van der Waals surface area contributed by atoms with Crippen LogP contribution in [-0.4, -0.2) is 14.3 Å². The highest BCUT2D eigenvalue weighted by atomic mass is 32.2. The summed E-state index contributed by atoms with van der Waals surface area (Å²) >= 11 is 0. The number of rotatable bonds is 6. The Morgan fingerprint density at radius 2 is 1.52 bits per heavy atom. The zero-order valence-electron chi connectivity index (χ0n) is 14.8. The van der Waals surface area contributed by atoms with E-state index >= 15 is 0 Å². The van der Waals surface area contributed by atoms with Crippen LogP contribution in [0.25, 0.3) is 0 Å². The minimum Gasteiger partial charge on any atom is -0.322 e. The number of carbonyl (C=O) groups is 1. The molecule has 0 atom stereocenters. The minimum atomic E-state index is -3.64. The highest BCUT2D eigenvalue weighted by molar-refractivity contribution is 7.89. The maximum Gasteiger partial charge on any atom is 0.255 e. The lowest BCUT2D eigenvalue weighted by Gasteiger charge is -2.12. The molecule has 0 radical (unpaired) electrons. The van der Waals surface area contributed by atoms with Gasteiger partial charge in [0.1, 0.15) is 0 Å². The van der Waals surface area contributed by atoms with Gasteiger partial charge >= 0.3 is 0 Å². The second-order valence-electron chi connectivity index (χ2n) is 6.11. The molecule has 138 valence electrons. The highest BCUT2D eigenvalue weighted by Crippen LogP contribution is 2.20. The van der Waals surface area contributed by atoms with Crippen molar-refractivity contribution in [3.05, 3.63) is 95.6 Å². The number of amides is 1. The number of hydrogen-bond donors (Lipinski definition) is 2. The maximum absolute atomic E-state index is 12.5. The molecule has 0 heterocycles. The van der Waals surface area contributed by atoms with E-state index in [4.69, 9.17) is 0 Å². The van der Waals surface area contributed by atoms with Crippen molar-refractivity contribution in [2.75, 3.05) is 5.32 Å². The predicted octanol–water partition coefficient (Wildman–Crippen LogP) is 3.73. The van der Waals surface area contributed by atoms with Crippen molar-refractivity contribution in [3.63, 3.8) is 0 Å². The molecule has 27 heavy (non-hydrogen) atoms. The van der Waals surface area contributed by atoms with Crippen LogP contribution >= 0.6 is 0 Å². The van der Waals surface area contributed by atoms with Crippen molar-refractivity contribution < 1.29 is 13.2 Å². The molecule has 2 N–H and O–H groups in total. The molecule has 3 aromatic rings. The van der Waals surface area contributed by atoms with Crippen LogP contribution in [0.5, 0.6) is 0 Å². The molecule has 0 unspecified atom stereocenters. The summed E-state index contributed by atoms with van der Waals surface area (Å²) in [4.78, 5) is 12.4. The average Bonchev–Trinajstić information content (AvgIpc) is 2.69. The molecule has 0 aromatic heterocycles. The molecular weight excluding hydrogens is 360 g/mol. The topological polar surface area (TPSA) is 75.3 Å². The predicted molar refractivity (Wildman–Crippen MR) is 106 cm³/mol. The Morgan fingerprint density at radius 1 is 0.889 bits per heavy atom. The number of benzene rings is 3. The molecule has 0 aliphatic carbocycles. The van der Waals surface area contributed by atoms with Crippen molar-refractivity contribution in [2.24, 2.45) is 0 Å². The van der Waals surface area contributed by atoms with Crippen LogP contribution < -0.4 is 10.0 Å². The molecular formula is C21H20N2O3S. The van der Waals surface area contributed by atoms with Crippen molar-refractivity contribution in [3.8, 4) is 0 Å². The lowest BCUT2D eigenvalue weighted by Crippen LogP contribution is -2.23. The average molecular weight is 380 g/mol. The Morgan fingerprint density at radius 3 is 2.15 bits per heavy atom. The van der Waals surface area contributed by atoms with Crippen LogP contribution in [0.4, 0.5) is 5.69 Å². The first-order valence-electron chi connectivity index (χ1n) is 8.46. The van der Waals surface area contributed by atoms with Crippen molar-refractivity contribution in [2.45, 2.75) is 18.4 Å². The van der Waals surface area contributed by atoms with Gasteiger partial charge in [0, 0.05) is 17.8 Å². The normalized spacial score (nSPS) is 11.1. The smallest absolute Gasteiger partial charge is 0.255 e. The van der Waals surface area contributed by atoms with Crippen LogP contribution in [-0.2, 0) is 16.6 Å². The van der Waals surface area contributed by atoms with E-state index in [1.54, 1.807) is 43.3 Å². The van der Waals surface area contributed by atoms with Gasteiger partial charge in [0.05, 0.1) is 4.90 Å². The Bertz CT molecular complexity index is 1030. The summed E-state index contributed by atoms with van der Waals surface area (Å²) in [6.07, 6.45) is 0. The van der Waals surface area contributed by atoms with Gasteiger partial charge in [-0.25, -0.2) is 13.1 Å². The van der Waals surface area contributed by atoms with E-state index < -0.39 is 10.0 Å². The molecule has 0 saturated carbocycles. The third kappa shape index (κ3) is 4.81. The first-order chi connectivity index (χ1) is 13.0. The molecule has 0 fully saturated rings. The molecule has 3 rings (SSSR count). The monoisotopic (exact) mass is 380 g/mol. The zero-order valence-corrected chi connectivity index (χ0v) is 15.7. The molecule has 0 bridgehead atoms. The van der Waals surface area contributed by atoms with E-state index in [1.165, 1.54) is 6.07 Å². The fourth-order valence-corrected chi connectivity index (χ4v) is 3.69. The lowest BCUT2D eigenvalue weighted by atomic mass is 10.1. The third-order valence-electron chi connectivity index (χ3n) is 4.10. The van der Waals surface area contributed by atoms with E-state index in [1.807, 2.05) is 36.4 Å². The molecule has 6 heteroatoms. The first-order valence-corrected chi connectivity index (χ1v) is 9.95. The van der Waals surface area contributed by atoms with E-state index in [-0.39, 0.29) is 17.3 Å². The van der Waals surface area contributed by atoms with Gasteiger partial charge in [-0.05, 0) is 48.4 Å². The number of aryl methyl sites for hydroxylation is 1. The molecule has 0 saturated heterocycles. The minimum absolute atomic E-state index is 0.161. The van der Waals surface area contributed by atoms with Gasteiger partial charge < -0.3 is 5.32 Å². The number of hydrogen-bond acceptors (Lipinski definition) is 3. The number of nitrogens with one attached hydrogen (secondary N) is 2. The second kappa shape index (κ2) is 8.16. The maximum atomic E-state index is 12.5. The van der Waals surface area contributed by atoms with Gasteiger partial charge in [0.15, 0.2) is 0 Å². The summed E-state index contributed by atoms with van der Waals surface area (Å²) in [6, 6.07) is 22.8. The van der Waals surface area contributed by atoms with Gasteiger partial charge in [0.2, 0.25) is 10.0 Å². The number of anilines is 1. The Balaban J connectivity index is 1.72. The molecule has 5 nitrogen and oxygen atoms in total. The van der Waals surface area contributed by atoms with Crippen LogP contribution in [0.3, 0.4) is 0 Å². The second-order valence-corrected chi connectivity index (χ2v) is 7.87. The van der Waals surface area contributed by atoms with Crippen LogP contribution in [0, 0.1) is 6.92 Å². The molecule has 0 aliphatic heterocycles. The van der Waals surface area contributed by atoms with Gasteiger partial charge in [-0.2, -0.15) is 0 Å². The van der Waals surface area contributed by atoms with Crippen molar-refractivity contribution in [1.29, 1.82) is 0 Å². The fraction of sp³-hybridized carbons (Fsp3) is 0.0952. The Labute approximate surface area is 159 Å². The zero-order chi connectivity index (χ0) is 19.3. The SMILES string of the molecule is Cc1cc(S(=O)(=O)NCc2ccccc2)ccc1NC(=O)c1ccccc1. The van der Waals surface area contributed by atoms with Gasteiger partial charge in [-0.15, -0.1) is 0 Å². The summed E-state index contributed by atoms with van der Waals surface area (Å²) < 4.78 is 27.6. The summed E-state index contributed by atoms with van der Waals surface area (Å²) in [5, 5.41) is 2.81. The summed E-state index contributed by atoms with van der Waals surface area (Å²) in [5.41, 5.74) is 2.66. The van der Waals surface area contributed by atoms with E-state index in [0.717, 1.165) is 5.56 Å². The van der Waals surface area contributed by atoms with Crippen molar-refractivity contribution in [1.82, 2.24) is 4.72 Å². The largest absolute Gasteiger partial charge is 0.322 e. The van der Waals surface area contributed by atoms with E-state index in [2.05, 4.69) is 10.0 Å². The molecule has 3 aromatic carbocycles. The lowest BCUT2D eigenvalue weighted by molar-refractivity contribution is 0.102. The Kier molecular flexibility index (Phi) is 5.69. The van der Waals surface area contributed by atoms with Gasteiger partial charge in [-0.3, -0.25) is 4.79 Å². The Hall–Kier alpha value is -2.96. The third-order valence-corrected chi connectivity index (χ3v) is 5.50. The summed E-state index contributed by atoms with van der Waals surface area (Å²) in [6.45, 7) is 1.98. The van der Waals surface area contributed by atoms with E-state index in [9.17, 15) is 13.2 Å². The summed E-state index contributed by atoms with van der Waals surface area (Å²) in [7, 11) is -3.64. The van der Waals surface area contributed by atoms with Crippen molar-refractivity contribution >= 4 is 21.6 Å². The van der Waals surface area contributed by atoms with Crippen LogP contribution in [0.15, 0.2) is 83.8 Å². The number of carbonyl (C=O) groups excluding carboxylic acids is 1. The highest BCUT2D eigenvalue weighted by Gasteiger charge is 2.16. The van der Waals surface area contributed by atoms with Gasteiger partial charge in [-0.1, -0.05) is 48.5 Å². The fourth-order valence-electron chi connectivity index (χ4n) is 2.59. The van der Waals surface area contributed by atoms with Crippen LogP contribution in [0.2, 0.25) is 0 Å². The molecule has 0 aliphatic rings. The molecule has 0 spiro atoms. The molecule has 1 amide bonds. The standard InChI is InChI=1S/C21H20N2O3S/c1-16-14-19(27(25,26)22-15-17-8-4-2-5-9-17)12-13-20(16)23-21(24)18-10-6-3-7-11-18/h2-14,22H,15H2,1H3,(H,23,24). The van der Waals surface area contributed by atoms with Crippen LogP contribution in [0.1, 0.15) is 21.5 Å². The van der Waals surface area contributed by atoms with Gasteiger partial charge in [0.25, 0.3) is 5.91 Å². The first kappa shape index (κ1) is 18.8. The number of sulfonamides is 1. The quantitative estimate of drug-likeness (QED) is 0.684. The van der Waals surface area contributed by atoms with E-state index in [0.29, 0.717) is 16.8 Å². The summed E-state index contributed by atoms with van der Waals surface area (Å²) in [5.74, 6) is -0.239.